The van der Waals surface area contributed by atoms with Gasteiger partial charge in [0.1, 0.15) is 6.10 Å². The van der Waals surface area contributed by atoms with E-state index in [2.05, 4.69) is 26.0 Å². The average Bonchev–Trinajstić information content (AvgIpc) is 2.47. The zero-order chi connectivity index (χ0) is 14.4. The van der Waals surface area contributed by atoms with Crippen LogP contribution in [0.1, 0.15) is 63.2 Å². The molecule has 1 aromatic carbocycles. The van der Waals surface area contributed by atoms with E-state index in [0.717, 1.165) is 24.8 Å². The van der Waals surface area contributed by atoms with E-state index in [9.17, 15) is 5.11 Å². The largest absolute Gasteiger partial charge is 0.386 e. The molecule has 0 amide bonds. The topological polar surface area (TPSA) is 29.5 Å². The van der Waals surface area contributed by atoms with Gasteiger partial charge in [0.15, 0.2) is 0 Å². The second-order valence-electron chi connectivity index (χ2n) is 6.14. The molecule has 0 heterocycles. The fourth-order valence-electron chi connectivity index (χ4n) is 3.04. The number of rotatable bonds is 6. The lowest BCUT2D eigenvalue weighted by atomic mass is 9.88. The molecule has 2 nitrogen and oxygen atoms in total. The molecule has 2 heteroatoms. The van der Waals surface area contributed by atoms with E-state index in [4.69, 9.17) is 4.74 Å². The van der Waals surface area contributed by atoms with Crippen LogP contribution in [0.15, 0.2) is 24.3 Å². The number of hydrogen-bond acceptors (Lipinski definition) is 2. The zero-order valence-corrected chi connectivity index (χ0v) is 12.8. The normalized spacial score (nSPS) is 24.6. The molecule has 3 unspecified atom stereocenters. The lowest BCUT2D eigenvalue weighted by Gasteiger charge is -2.29. The van der Waals surface area contributed by atoms with Crippen LogP contribution in [0.4, 0.5) is 0 Å². The van der Waals surface area contributed by atoms with Gasteiger partial charge in [-0.1, -0.05) is 57.4 Å². The molecule has 0 spiro atoms. The van der Waals surface area contributed by atoms with Crippen molar-refractivity contribution < 1.29 is 9.84 Å². The molecule has 1 N–H and O–H groups in total. The van der Waals surface area contributed by atoms with Gasteiger partial charge in [-0.2, -0.15) is 0 Å². The Kier molecular flexibility index (Phi) is 6.06. The van der Waals surface area contributed by atoms with Crippen molar-refractivity contribution in [2.45, 2.75) is 64.6 Å². The van der Waals surface area contributed by atoms with Gasteiger partial charge in [-0.15, -0.1) is 0 Å². The summed E-state index contributed by atoms with van der Waals surface area (Å²) in [7, 11) is 0. The van der Waals surface area contributed by atoms with Crippen LogP contribution in [-0.2, 0) is 11.2 Å². The van der Waals surface area contributed by atoms with Gasteiger partial charge in [0.2, 0.25) is 0 Å². The van der Waals surface area contributed by atoms with Gasteiger partial charge >= 0.3 is 0 Å². The van der Waals surface area contributed by atoms with Crippen LogP contribution in [0.3, 0.4) is 0 Å². The molecule has 1 fully saturated rings. The predicted molar refractivity (Wildman–Crippen MR) is 82.8 cm³/mol. The molecule has 0 aliphatic heterocycles. The van der Waals surface area contributed by atoms with Crippen LogP contribution in [0.5, 0.6) is 0 Å². The lowest BCUT2D eigenvalue weighted by molar-refractivity contribution is -0.0467. The first kappa shape index (κ1) is 15.5. The first-order valence-electron chi connectivity index (χ1n) is 8.09. The van der Waals surface area contributed by atoms with Gasteiger partial charge in [-0.3, -0.25) is 0 Å². The Hall–Kier alpha value is -0.860. The lowest BCUT2D eigenvalue weighted by Crippen LogP contribution is -2.27. The van der Waals surface area contributed by atoms with Crippen molar-refractivity contribution in [1.29, 1.82) is 0 Å². The van der Waals surface area contributed by atoms with E-state index in [-0.39, 0.29) is 0 Å². The van der Waals surface area contributed by atoms with Crippen LogP contribution >= 0.6 is 0 Å². The number of aliphatic hydroxyl groups is 1. The SMILES string of the molecule is CCCc1ccc(C(O)COC2CCCCC2C)cc1. The average molecular weight is 276 g/mol. The van der Waals surface area contributed by atoms with Crippen molar-refractivity contribution in [1.82, 2.24) is 0 Å². The van der Waals surface area contributed by atoms with Gasteiger partial charge in [-0.05, 0) is 36.3 Å². The number of aliphatic hydroxyl groups excluding tert-OH is 1. The third-order valence-corrected chi connectivity index (χ3v) is 4.40. The third kappa shape index (κ3) is 4.32. The third-order valence-electron chi connectivity index (χ3n) is 4.40. The van der Waals surface area contributed by atoms with Crippen LogP contribution < -0.4 is 0 Å². The second kappa shape index (κ2) is 7.80. The maximum atomic E-state index is 10.2. The van der Waals surface area contributed by atoms with Crippen molar-refractivity contribution in [3.8, 4) is 0 Å². The van der Waals surface area contributed by atoms with Gasteiger partial charge in [-0.25, -0.2) is 0 Å². The van der Waals surface area contributed by atoms with Crippen molar-refractivity contribution in [2.24, 2.45) is 5.92 Å². The van der Waals surface area contributed by atoms with E-state index < -0.39 is 6.10 Å². The van der Waals surface area contributed by atoms with E-state index in [1.54, 1.807) is 0 Å². The van der Waals surface area contributed by atoms with E-state index in [1.807, 2.05) is 12.1 Å². The van der Waals surface area contributed by atoms with Crippen LogP contribution in [0.25, 0.3) is 0 Å². The molecular weight excluding hydrogens is 248 g/mol. The molecule has 1 saturated carbocycles. The molecule has 3 atom stereocenters. The molecule has 0 saturated heterocycles. The smallest absolute Gasteiger partial charge is 0.102 e. The summed E-state index contributed by atoms with van der Waals surface area (Å²) in [5.41, 5.74) is 2.30. The van der Waals surface area contributed by atoms with Crippen LogP contribution in [0, 0.1) is 5.92 Å². The van der Waals surface area contributed by atoms with Crippen LogP contribution in [0.2, 0.25) is 0 Å². The number of hydrogen-bond donors (Lipinski definition) is 1. The Morgan fingerprint density at radius 2 is 1.90 bits per heavy atom. The Balaban J connectivity index is 1.83. The second-order valence-corrected chi connectivity index (χ2v) is 6.14. The summed E-state index contributed by atoms with van der Waals surface area (Å²) in [6, 6.07) is 8.29. The first-order chi connectivity index (χ1) is 9.70. The molecule has 1 aromatic rings. The maximum Gasteiger partial charge on any atom is 0.102 e. The fraction of sp³-hybridized carbons (Fsp3) is 0.667. The van der Waals surface area contributed by atoms with Crippen molar-refractivity contribution in [3.05, 3.63) is 35.4 Å². The summed E-state index contributed by atoms with van der Waals surface area (Å²) < 4.78 is 5.94. The predicted octanol–water partition coefficient (Wildman–Crippen LogP) is 4.27. The number of aryl methyl sites for hydroxylation is 1. The van der Waals surface area contributed by atoms with E-state index >= 15 is 0 Å². The summed E-state index contributed by atoms with van der Waals surface area (Å²) in [6.07, 6.45) is 7.07. The van der Waals surface area contributed by atoms with E-state index in [1.165, 1.54) is 24.8 Å². The highest BCUT2D eigenvalue weighted by molar-refractivity contribution is 5.24. The van der Waals surface area contributed by atoms with Crippen molar-refractivity contribution in [3.63, 3.8) is 0 Å². The summed E-state index contributed by atoms with van der Waals surface area (Å²) in [5, 5.41) is 10.2. The van der Waals surface area contributed by atoms with Gasteiger partial charge in [0.05, 0.1) is 12.7 Å². The number of ether oxygens (including phenoxy) is 1. The van der Waals surface area contributed by atoms with E-state index in [0.29, 0.717) is 18.6 Å². The van der Waals surface area contributed by atoms with Gasteiger partial charge < -0.3 is 9.84 Å². The molecule has 20 heavy (non-hydrogen) atoms. The molecule has 0 bridgehead atoms. The quantitative estimate of drug-likeness (QED) is 0.841. The molecule has 0 radical (unpaired) electrons. The zero-order valence-electron chi connectivity index (χ0n) is 12.8. The number of benzene rings is 1. The Morgan fingerprint density at radius 3 is 2.55 bits per heavy atom. The molecule has 1 aliphatic carbocycles. The summed E-state index contributed by atoms with van der Waals surface area (Å²) >= 11 is 0. The molecular formula is C18H28O2. The van der Waals surface area contributed by atoms with Gasteiger partial charge in [0.25, 0.3) is 0 Å². The molecule has 112 valence electrons. The van der Waals surface area contributed by atoms with Gasteiger partial charge in [0, 0.05) is 0 Å². The minimum absolute atomic E-state index is 0.331. The Morgan fingerprint density at radius 1 is 1.20 bits per heavy atom. The van der Waals surface area contributed by atoms with Crippen molar-refractivity contribution in [2.75, 3.05) is 6.61 Å². The highest BCUT2D eigenvalue weighted by Crippen LogP contribution is 2.27. The summed E-state index contributed by atoms with van der Waals surface area (Å²) in [5.74, 6) is 0.628. The summed E-state index contributed by atoms with van der Waals surface area (Å²) in [6.45, 7) is 4.86. The maximum absolute atomic E-state index is 10.2. The minimum Gasteiger partial charge on any atom is -0.386 e. The fourth-order valence-corrected chi connectivity index (χ4v) is 3.04. The monoisotopic (exact) mass is 276 g/mol. The Bertz CT molecular complexity index is 385. The molecule has 1 aliphatic rings. The summed E-state index contributed by atoms with van der Waals surface area (Å²) in [4.78, 5) is 0. The minimum atomic E-state index is -0.500. The molecule has 0 aromatic heterocycles. The van der Waals surface area contributed by atoms with Crippen molar-refractivity contribution >= 4 is 0 Å². The highest BCUT2D eigenvalue weighted by atomic mass is 16.5. The standard InChI is InChI=1S/C18H28O2/c1-3-6-15-9-11-16(12-10-15)17(19)13-20-18-8-5-4-7-14(18)2/h9-12,14,17-19H,3-8,13H2,1-2H3. The highest BCUT2D eigenvalue weighted by Gasteiger charge is 2.22. The first-order valence-corrected chi connectivity index (χ1v) is 8.09. The Labute approximate surface area is 123 Å². The van der Waals surface area contributed by atoms with Crippen LogP contribution in [-0.4, -0.2) is 17.8 Å². The molecule has 2 rings (SSSR count).